The van der Waals surface area contributed by atoms with Crippen molar-refractivity contribution >= 4 is 45.5 Å². The Labute approximate surface area is 266 Å². The summed E-state index contributed by atoms with van der Waals surface area (Å²) >= 11 is 0. The number of aromatic nitrogens is 1. The number of aryl methyl sites for hydroxylation is 1. The number of pyridine rings is 1. The second kappa shape index (κ2) is 18.9. The van der Waals surface area contributed by atoms with E-state index in [4.69, 9.17) is 5.41 Å². The van der Waals surface area contributed by atoms with E-state index in [1.807, 2.05) is 51.6 Å². The lowest BCUT2D eigenvalue weighted by atomic mass is 9.85. The lowest BCUT2D eigenvalue weighted by Crippen LogP contribution is -2.13. The monoisotopic (exact) mass is 594 g/mol. The molecule has 0 spiro atoms. The van der Waals surface area contributed by atoms with Crippen LogP contribution in [0.3, 0.4) is 0 Å². The number of benzene rings is 3. The van der Waals surface area contributed by atoms with Crippen molar-refractivity contribution in [3.05, 3.63) is 109 Å². The Morgan fingerprint density at radius 2 is 1.52 bits per heavy atom. The van der Waals surface area contributed by atoms with E-state index in [0.29, 0.717) is 0 Å². The van der Waals surface area contributed by atoms with Crippen molar-refractivity contribution in [1.29, 1.82) is 5.41 Å². The standard InChI is InChI=1S/C31H36N4.C4H8.C2H6.CH4N2/c1-8-23-27(32-7)18-22(31(4,5)6)19-28(23)34-26-14-15-30(25-13-11-10-12-24(25)26)35(9-2)29-16-17-33-20-21(29)3;1-3-4-2;1-2;2-1-3/h9-20,32,34H,2,8H2,1,3-7H3;3H,1,4H2,2H3;1-2H3;1H,(H3,2,3). The van der Waals surface area contributed by atoms with Gasteiger partial charge in [0.1, 0.15) is 0 Å². The molecule has 0 aliphatic rings. The maximum atomic E-state index is 5.86. The largest absolute Gasteiger partial charge is 0.390 e. The summed E-state index contributed by atoms with van der Waals surface area (Å²) in [4.78, 5) is 6.40. The SMILES string of the molecule is C=CCC.C=CN(c1ccncc1C)c1ccc(Nc2cc(C(C)(C)C)cc(NC)c2CC)c2ccccc12.CC.N=CN. The van der Waals surface area contributed by atoms with Gasteiger partial charge in [0.15, 0.2) is 0 Å². The molecule has 0 saturated carbocycles. The summed E-state index contributed by atoms with van der Waals surface area (Å²) in [5, 5.41) is 15.4. The third-order valence-corrected chi connectivity index (χ3v) is 6.89. The molecule has 1 heterocycles. The van der Waals surface area contributed by atoms with E-state index in [9.17, 15) is 0 Å². The number of hydrogen-bond donors (Lipinski definition) is 4. The molecule has 5 N–H and O–H groups in total. The van der Waals surface area contributed by atoms with Crippen molar-refractivity contribution in [1.82, 2.24) is 4.98 Å². The van der Waals surface area contributed by atoms with Crippen LogP contribution in [0.1, 0.15) is 71.6 Å². The van der Waals surface area contributed by atoms with Crippen LogP contribution in [-0.4, -0.2) is 18.4 Å². The number of fused-ring (bicyclic) bond motifs is 1. The number of hydrogen-bond acceptors (Lipinski definition) is 5. The van der Waals surface area contributed by atoms with Crippen LogP contribution in [0.5, 0.6) is 0 Å². The van der Waals surface area contributed by atoms with Crippen LogP contribution in [0.15, 0.2) is 92.4 Å². The molecule has 6 nitrogen and oxygen atoms in total. The predicted molar refractivity (Wildman–Crippen MR) is 197 cm³/mol. The zero-order chi connectivity index (χ0) is 33.3. The van der Waals surface area contributed by atoms with Gasteiger partial charge >= 0.3 is 0 Å². The maximum Gasteiger partial charge on any atom is 0.0765 e. The van der Waals surface area contributed by atoms with Crippen molar-refractivity contribution in [2.24, 2.45) is 5.73 Å². The molecule has 0 aliphatic heterocycles. The van der Waals surface area contributed by atoms with E-state index in [2.05, 4.69) is 129 Å². The Bertz CT molecular complexity index is 1480. The molecule has 0 unspecified atom stereocenters. The Morgan fingerprint density at radius 1 is 0.932 bits per heavy atom. The topological polar surface area (TPSA) is 90.1 Å². The molecule has 6 heteroatoms. The van der Waals surface area contributed by atoms with Crippen LogP contribution < -0.4 is 21.3 Å². The Kier molecular flexibility index (Phi) is 16.0. The van der Waals surface area contributed by atoms with Crippen molar-refractivity contribution in [3.8, 4) is 0 Å². The highest BCUT2D eigenvalue weighted by molar-refractivity contribution is 6.04. The summed E-state index contributed by atoms with van der Waals surface area (Å²) in [5.41, 5.74) is 13.7. The van der Waals surface area contributed by atoms with Gasteiger partial charge in [-0.3, -0.25) is 10.4 Å². The minimum Gasteiger partial charge on any atom is -0.390 e. The van der Waals surface area contributed by atoms with Crippen molar-refractivity contribution in [3.63, 3.8) is 0 Å². The summed E-state index contributed by atoms with van der Waals surface area (Å²) in [6.07, 6.45) is 10.2. The first kappa shape index (κ1) is 37.4. The fraction of sp³-hybridized carbons (Fsp3) is 0.316. The van der Waals surface area contributed by atoms with E-state index in [0.717, 1.165) is 58.3 Å². The van der Waals surface area contributed by atoms with Gasteiger partial charge in [-0.2, -0.15) is 0 Å². The summed E-state index contributed by atoms with van der Waals surface area (Å²) in [7, 11) is 2.00. The lowest BCUT2D eigenvalue weighted by Gasteiger charge is -2.26. The van der Waals surface area contributed by atoms with Gasteiger partial charge in [-0.25, -0.2) is 0 Å². The first-order valence-corrected chi connectivity index (χ1v) is 15.4. The molecule has 4 rings (SSSR count). The van der Waals surface area contributed by atoms with Crippen LogP contribution in [0, 0.1) is 12.3 Å². The van der Waals surface area contributed by atoms with E-state index in [1.54, 1.807) is 0 Å². The van der Waals surface area contributed by atoms with Gasteiger partial charge in [0.2, 0.25) is 0 Å². The number of rotatable bonds is 8. The number of anilines is 5. The van der Waals surface area contributed by atoms with E-state index in [1.165, 1.54) is 16.8 Å². The molecule has 4 aromatic rings. The Balaban J connectivity index is 0.000000961. The minimum atomic E-state index is 0.0487. The smallest absolute Gasteiger partial charge is 0.0765 e. The predicted octanol–water partition coefficient (Wildman–Crippen LogP) is 10.6. The van der Waals surface area contributed by atoms with E-state index < -0.39 is 0 Å². The summed E-state index contributed by atoms with van der Waals surface area (Å²) in [6.45, 7) is 24.7. The molecule has 0 amide bonds. The minimum absolute atomic E-state index is 0.0487. The van der Waals surface area contributed by atoms with Crippen LogP contribution in [0.25, 0.3) is 10.8 Å². The molecule has 44 heavy (non-hydrogen) atoms. The lowest BCUT2D eigenvalue weighted by molar-refractivity contribution is 0.590. The van der Waals surface area contributed by atoms with Crippen LogP contribution in [0.4, 0.5) is 28.4 Å². The van der Waals surface area contributed by atoms with E-state index in [-0.39, 0.29) is 5.41 Å². The number of nitrogens with one attached hydrogen (secondary N) is 3. The molecule has 236 valence electrons. The van der Waals surface area contributed by atoms with Crippen LogP contribution in [-0.2, 0) is 11.8 Å². The van der Waals surface area contributed by atoms with Gasteiger partial charge in [0.05, 0.1) is 17.7 Å². The molecule has 0 radical (unpaired) electrons. The maximum absolute atomic E-state index is 5.86. The van der Waals surface area contributed by atoms with Crippen molar-refractivity contribution in [2.75, 3.05) is 22.6 Å². The number of nitrogens with two attached hydrogens (primary N) is 1. The van der Waals surface area contributed by atoms with Gasteiger partial charge in [-0.15, -0.1) is 6.58 Å². The third kappa shape index (κ3) is 9.73. The third-order valence-electron chi connectivity index (χ3n) is 6.89. The molecule has 0 saturated heterocycles. The normalized spacial score (nSPS) is 10.0. The molecular weight excluding hydrogens is 540 g/mol. The molecule has 0 atom stereocenters. The molecular formula is C38H54N6. The Morgan fingerprint density at radius 3 is 2.02 bits per heavy atom. The summed E-state index contributed by atoms with van der Waals surface area (Å²) in [5.74, 6) is 0. The van der Waals surface area contributed by atoms with Crippen LogP contribution >= 0.6 is 0 Å². The fourth-order valence-electron chi connectivity index (χ4n) is 4.63. The zero-order valence-electron chi connectivity index (χ0n) is 28.4. The Hall–Kier alpha value is -4.58. The van der Waals surface area contributed by atoms with Crippen molar-refractivity contribution in [2.45, 2.75) is 73.6 Å². The molecule has 3 aromatic carbocycles. The average Bonchev–Trinajstić information content (AvgIpc) is 3.03. The molecule has 1 aromatic heterocycles. The van der Waals surface area contributed by atoms with E-state index >= 15 is 0 Å². The highest BCUT2D eigenvalue weighted by Crippen LogP contribution is 2.40. The molecule has 0 bridgehead atoms. The van der Waals surface area contributed by atoms with Gasteiger partial charge in [0.25, 0.3) is 0 Å². The zero-order valence-corrected chi connectivity index (χ0v) is 28.4. The fourth-order valence-corrected chi connectivity index (χ4v) is 4.63. The molecule has 0 fully saturated rings. The summed E-state index contributed by atoms with van der Waals surface area (Å²) < 4.78 is 0. The average molecular weight is 595 g/mol. The van der Waals surface area contributed by atoms with Gasteiger partial charge in [-0.1, -0.05) is 85.4 Å². The van der Waals surface area contributed by atoms with Gasteiger partial charge in [0, 0.05) is 53.5 Å². The van der Waals surface area contributed by atoms with Gasteiger partial charge < -0.3 is 21.3 Å². The highest BCUT2D eigenvalue weighted by Gasteiger charge is 2.19. The van der Waals surface area contributed by atoms with Crippen molar-refractivity contribution < 1.29 is 0 Å². The second-order valence-electron chi connectivity index (χ2n) is 10.8. The molecule has 0 aliphatic carbocycles. The number of nitrogens with zero attached hydrogens (tertiary/aromatic N) is 2. The van der Waals surface area contributed by atoms with Gasteiger partial charge in [-0.05, 0) is 72.2 Å². The first-order valence-electron chi connectivity index (χ1n) is 15.4. The summed E-state index contributed by atoms with van der Waals surface area (Å²) in [6, 6.07) is 19.5. The quantitative estimate of drug-likeness (QED) is 0.0925. The number of allylic oxidation sites excluding steroid dienone is 1. The highest BCUT2D eigenvalue weighted by atomic mass is 15.1. The first-order chi connectivity index (χ1) is 21.1. The second-order valence-corrected chi connectivity index (χ2v) is 10.8. The van der Waals surface area contributed by atoms with Crippen LogP contribution in [0.2, 0.25) is 0 Å².